The quantitative estimate of drug-likeness (QED) is 0.243. The molecule has 0 saturated carbocycles. The molecule has 0 aliphatic rings. The molecule has 0 aliphatic carbocycles. The summed E-state index contributed by atoms with van der Waals surface area (Å²) in [7, 11) is 1.52. The Morgan fingerprint density at radius 1 is 1.36 bits per heavy atom. The Balaban J connectivity index is 1.91. The van der Waals surface area contributed by atoms with Gasteiger partial charge in [-0.3, -0.25) is 0 Å². The van der Waals surface area contributed by atoms with Gasteiger partial charge in [0, 0.05) is 36.0 Å². The molecule has 0 bridgehead atoms. The summed E-state index contributed by atoms with van der Waals surface area (Å²) in [6.07, 6.45) is 2.74. The van der Waals surface area contributed by atoms with Crippen molar-refractivity contribution in [3.8, 4) is 11.5 Å². The minimum Gasteiger partial charge on any atom is -0.497 e. The first-order valence-electron chi connectivity index (χ1n) is 8.78. The van der Waals surface area contributed by atoms with Crippen molar-refractivity contribution in [2.75, 3.05) is 26.0 Å². The first kappa shape index (κ1) is 22.2. The van der Waals surface area contributed by atoms with E-state index in [1.165, 1.54) is 13.2 Å². The lowest BCUT2D eigenvalue weighted by molar-refractivity contribution is -0.0504. The van der Waals surface area contributed by atoms with Crippen LogP contribution in [0.5, 0.6) is 11.5 Å². The molecule has 0 aliphatic heterocycles. The Hall–Kier alpha value is -2.07. The van der Waals surface area contributed by atoms with E-state index in [1.807, 2.05) is 12.3 Å². The number of alkyl halides is 2. The van der Waals surface area contributed by atoms with E-state index < -0.39 is 6.61 Å². The summed E-state index contributed by atoms with van der Waals surface area (Å²) in [5.74, 6) is 2.22. The van der Waals surface area contributed by atoms with Crippen molar-refractivity contribution in [2.45, 2.75) is 30.8 Å². The lowest BCUT2D eigenvalue weighted by Gasteiger charge is -2.13. The number of benzene rings is 1. The Morgan fingerprint density at radius 2 is 2.21 bits per heavy atom. The average molecular weight is 431 g/mol. The summed E-state index contributed by atoms with van der Waals surface area (Å²) in [5, 5.41) is 8.36. The van der Waals surface area contributed by atoms with Crippen molar-refractivity contribution in [2.24, 2.45) is 4.99 Å². The molecule has 1 aromatic heterocycles. The highest BCUT2D eigenvalue weighted by atomic mass is 32.2. The number of rotatable bonds is 11. The van der Waals surface area contributed by atoms with E-state index in [9.17, 15) is 8.78 Å². The fraction of sp³-hybridized carbons (Fsp3) is 0.444. The SMILES string of the molecule is CCNC(=NCc1cc(OC)ccc1OC(F)F)NCCCSc1nccs1. The summed E-state index contributed by atoms with van der Waals surface area (Å²) in [5.41, 5.74) is 0.524. The van der Waals surface area contributed by atoms with Gasteiger partial charge in [0.15, 0.2) is 5.96 Å². The van der Waals surface area contributed by atoms with Gasteiger partial charge in [-0.25, -0.2) is 9.98 Å². The van der Waals surface area contributed by atoms with Crippen LogP contribution < -0.4 is 20.1 Å². The molecule has 1 aromatic carbocycles. The van der Waals surface area contributed by atoms with Crippen LogP contribution in [0.15, 0.2) is 39.1 Å². The molecule has 0 radical (unpaired) electrons. The third-order valence-corrected chi connectivity index (χ3v) is 5.54. The van der Waals surface area contributed by atoms with Gasteiger partial charge in [0.05, 0.1) is 13.7 Å². The molecule has 0 unspecified atom stereocenters. The number of nitrogens with one attached hydrogen (secondary N) is 2. The fourth-order valence-corrected chi connectivity index (χ4v) is 3.89. The van der Waals surface area contributed by atoms with Crippen molar-refractivity contribution >= 4 is 29.1 Å². The Morgan fingerprint density at radius 3 is 2.89 bits per heavy atom. The topological polar surface area (TPSA) is 67.8 Å². The van der Waals surface area contributed by atoms with Gasteiger partial charge in [0.2, 0.25) is 0 Å². The van der Waals surface area contributed by atoms with Crippen molar-refractivity contribution in [3.05, 3.63) is 35.3 Å². The second kappa shape index (κ2) is 12.4. The molecule has 1 heterocycles. The van der Waals surface area contributed by atoms with Crippen molar-refractivity contribution in [3.63, 3.8) is 0 Å². The lowest BCUT2D eigenvalue weighted by atomic mass is 10.2. The zero-order chi connectivity index (χ0) is 20.2. The molecule has 0 spiro atoms. The number of hydrogen-bond acceptors (Lipinski definition) is 6. The van der Waals surface area contributed by atoms with E-state index in [4.69, 9.17) is 4.74 Å². The molecule has 2 rings (SSSR count). The molecular weight excluding hydrogens is 406 g/mol. The Kier molecular flexibility index (Phi) is 9.84. The molecule has 10 heteroatoms. The first-order chi connectivity index (χ1) is 13.6. The van der Waals surface area contributed by atoms with Crippen LogP contribution in [-0.4, -0.2) is 43.5 Å². The van der Waals surface area contributed by atoms with Crippen molar-refractivity contribution in [1.82, 2.24) is 15.6 Å². The van der Waals surface area contributed by atoms with Crippen molar-refractivity contribution in [1.29, 1.82) is 0 Å². The summed E-state index contributed by atoms with van der Waals surface area (Å²) >= 11 is 3.35. The zero-order valence-electron chi connectivity index (χ0n) is 15.8. The van der Waals surface area contributed by atoms with Gasteiger partial charge >= 0.3 is 6.61 Å². The number of hydrogen-bond donors (Lipinski definition) is 2. The number of aliphatic imine (C=N–C) groups is 1. The number of thioether (sulfide) groups is 1. The van der Waals surface area contributed by atoms with E-state index in [0.717, 1.165) is 23.1 Å². The van der Waals surface area contributed by atoms with Gasteiger partial charge in [-0.2, -0.15) is 8.78 Å². The van der Waals surface area contributed by atoms with Crippen LogP contribution >= 0.6 is 23.1 Å². The molecule has 154 valence electrons. The third-order valence-electron chi connectivity index (χ3n) is 3.48. The van der Waals surface area contributed by atoms with Crippen LogP contribution in [-0.2, 0) is 6.54 Å². The van der Waals surface area contributed by atoms with Crippen LogP contribution in [0.2, 0.25) is 0 Å². The van der Waals surface area contributed by atoms with Gasteiger partial charge in [-0.1, -0.05) is 11.8 Å². The fourth-order valence-electron chi connectivity index (χ4n) is 2.24. The Bertz CT molecular complexity index is 730. The number of halogens is 2. The number of nitrogens with zero attached hydrogens (tertiary/aromatic N) is 2. The highest BCUT2D eigenvalue weighted by molar-refractivity contribution is 8.00. The third kappa shape index (κ3) is 7.89. The second-order valence-electron chi connectivity index (χ2n) is 5.47. The molecular formula is C18H24F2N4O2S2. The summed E-state index contributed by atoms with van der Waals surface area (Å²) < 4.78 is 36.0. The summed E-state index contributed by atoms with van der Waals surface area (Å²) in [4.78, 5) is 8.71. The Labute approximate surface area is 171 Å². The van der Waals surface area contributed by atoms with Crippen LogP contribution in [0.4, 0.5) is 8.78 Å². The predicted octanol–water partition coefficient (Wildman–Crippen LogP) is 3.99. The van der Waals surface area contributed by atoms with E-state index in [-0.39, 0.29) is 12.3 Å². The normalized spacial score (nSPS) is 11.5. The first-order valence-corrected chi connectivity index (χ1v) is 10.6. The smallest absolute Gasteiger partial charge is 0.387 e. The standard InChI is InChI=1S/C18H24F2N4O2S2/c1-3-21-17(22-7-4-9-27-18-23-8-10-28-18)24-12-13-11-14(25-2)5-6-15(13)26-16(19)20/h5-6,8,10-11,16H,3-4,7,9,12H2,1-2H3,(H2,21,22,24). The van der Waals surface area contributed by atoms with Crippen LogP contribution in [0, 0.1) is 0 Å². The van der Waals surface area contributed by atoms with E-state index in [1.54, 1.807) is 41.4 Å². The molecule has 0 amide bonds. The number of guanidine groups is 1. The summed E-state index contributed by atoms with van der Waals surface area (Å²) in [6.45, 7) is 0.688. The molecule has 0 atom stereocenters. The second-order valence-corrected chi connectivity index (χ2v) is 7.71. The van der Waals surface area contributed by atoms with Crippen LogP contribution in [0.3, 0.4) is 0 Å². The maximum atomic E-state index is 12.6. The van der Waals surface area contributed by atoms with Crippen molar-refractivity contribution < 1.29 is 18.3 Å². The molecule has 6 nitrogen and oxygen atoms in total. The van der Waals surface area contributed by atoms with E-state index >= 15 is 0 Å². The molecule has 0 saturated heterocycles. The number of aromatic nitrogens is 1. The largest absolute Gasteiger partial charge is 0.497 e. The van der Waals surface area contributed by atoms with Gasteiger partial charge in [-0.15, -0.1) is 11.3 Å². The molecule has 2 N–H and O–H groups in total. The van der Waals surface area contributed by atoms with Crippen LogP contribution in [0.1, 0.15) is 18.9 Å². The number of methoxy groups -OCH3 is 1. The summed E-state index contributed by atoms with van der Waals surface area (Å²) in [6, 6.07) is 4.69. The number of thiazole rings is 1. The van der Waals surface area contributed by atoms with Gasteiger partial charge in [0.25, 0.3) is 0 Å². The maximum absolute atomic E-state index is 12.6. The highest BCUT2D eigenvalue weighted by Crippen LogP contribution is 2.26. The predicted molar refractivity (Wildman–Crippen MR) is 110 cm³/mol. The molecule has 2 aromatic rings. The van der Waals surface area contributed by atoms with Gasteiger partial charge < -0.3 is 20.1 Å². The number of ether oxygens (including phenoxy) is 2. The van der Waals surface area contributed by atoms with E-state index in [2.05, 4.69) is 25.3 Å². The minimum absolute atomic E-state index is 0.0928. The van der Waals surface area contributed by atoms with Crippen LogP contribution in [0.25, 0.3) is 0 Å². The average Bonchev–Trinajstić information content (AvgIpc) is 3.19. The molecule has 28 heavy (non-hydrogen) atoms. The lowest BCUT2D eigenvalue weighted by Crippen LogP contribution is -2.37. The van der Waals surface area contributed by atoms with E-state index in [0.29, 0.717) is 23.8 Å². The van der Waals surface area contributed by atoms with Gasteiger partial charge in [-0.05, 0) is 31.5 Å². The highest BCUT2D eigenvalue weighted by Gasteiger charge is 2.11. The minimum atomic E-state index is -2.89. The molecule has 0 fully saturated rings. The van der Waals surface area contributed by atoms with Gasteiger partial charge in [0.1, 0.15) is 15.8 Å². The monoisotopic (exact) mass is 430 g/mol. The zero-order valence-corrected chi connectivity index (χ0v) is 17.4. The maximum Gasteiger partial charge on any atom is 0.387 e.